The van der Waals surface area contributed by atoms with E-state index in [4.69, 9.17) is 11.6 Å². The lowest BCUT2D eigenvalue weighted by molar-refractivity contribution is 1.10. The molecule has 3 aromatic rings. The monoisotopic (exact) mass is 336 g/mol. The number of anilines is 2. The van der Waals surface area contributed by atoms with E-state index < -0.39 is 0 Å². The topological polar surface area (TPSA) is 42.2 Å². The van der Waals surface area contributed by atoms with Crippen molar-refractivity contribution in [1.82, 2.24) is 14.4 Å². The van der Waals surface area contributed by atoms with Crippen molar-refractivity contribution in [3.8, 4) is 0 Å². The summed E-state index contributed by atoms with van der Waals surface area (Å²) in [4.78, 5) is 8.68. The molecule has 0 radical (unpaired) electrons. The number of nitrogens with one attached hydrogen (secondary N) is 1. The molecule has 2 aromatic heterocycles. The van der Waals surface area contributed by atoms with Crippen LogP contribution in [0.5, 0.6) is 0 Å². The highest BCUT2D eigenvalue weighted by Gasteiger charge is 2.07. The summed E-state index contributed by atoms with van der Waals surface area (Å²) in [6.45, 7) is 1.97. The Kier molecular flexibility index (Phi) is 3.16. The molecule has 0 atom stereocenters. The Bertz CT molecular complexity index is 753. The lowest BCUT2D eigenvalue weighted by Gasteiger charge is -2.08. The largest absolute Gasteiger partial charge is 0.337 e. The summed E-state index contributed by atoms with van der Waals surface area (Å²) in [5.41, 5.74) is 2.69. The van der Waals surface area contributed by atoms with Gasteiger partial charge in [0.2, 0.25) is 0 Å². The first-order valence-electron chi connectivity index (χ1n) is 5.66. The fourth-order valence-corrected chi connectivity index (χ4v) is 2.37. The SMILES string of the molecule is Cc1ccc(Nc2nc(Br)cn3ccnc23)cc1Cl. The average Bonchev–Trinajstić information content (AvgIpc) is 2.82. The number of aromatic nitrogens is 3. The summed E-state index contributed by atoms with van der Waals surface area (Å²) in [6, 6.07) is 5.80. The normalized spacial score (nSPS) is 10.9. The number of hydrogen-bond acceptors (Lipinski definition) is 3. The molecule has 0 fully saturated rings. The molecule has 0 amide bonds. The quantitative estimate of drug-likeness (QED) is 0.762. The molecule has 0 unspecified atom stereocenters. The van der Waals surface area contributed by atoms with Crippen molar-refractivity contribution in [3.63, 3.8) is 0 Å². The number of nitrogens with zero attached hydrogens (tertiary/aromatic N) is 3. The van der Waals surface area contributed by atoms with Crippen LogP contribution in [-0.4, -0.2) is 14.4 Å². The number of fused-ring (bicyclic) bond motifs is 1. The summed E-state index contributed by atoms with van der Waals surface area (Å²) in [6.07, 6.45) is 5.46. The zero-order chi connectivity index (χ0) is 13.4. The van der Waals surface area contributed by atoms with Gasteiger partial charge in [0.05, 0.1) is 0 Å². The van der Waals surface area contributed by atoms with Gasteiger partial charge >= 0.3 is 0 Å². The number of imidazole rings is 1. The van der Waals surface area contributed by atoms with E-state index in [2.05, 4.69) is 31.2 Å². The minimum Gasteiger partial charge on any atom is -0.337 e. The zero-order valence-electron chi connectivity index (χ0n) is 10.1. The highest BCUT2D eigenvalue weighted by Crippen LogP contribution is 2.25. The number of aryl methyl sites for hydroxylation is 1. The highest BCUT2D eigenvalue weighted by molar-refractivity contribution is 9.10. The van der Waals surface area contributed by atoms with Crippen molar-refractivity contribution < 1.29 is 0 Å². The molecule has 4 nitrogen and oxygen atoms in total. The molecule has 3 rings (SSSR count). The second-order valence-corrected chi connectivity index (χ2v) is 5.38. The molecule has 6 heteroatoms. The van der Waals surface area contributed by atoms with Crippen LogP contribution in [0.15, 0.2) is 41.4 Å². The summed E-state index contributed by atoms with van der Waals surface area (Å²) >= 11 is 9.50. The van der Waals surface area contributed by atoms with Crippen molar-refractivity contribution in [3.05, 3.63) is 52.0 Å². The van der Waals surface area contributed by atoms with Gasteiger partial charge in [0, 0.05) is 29.3 Å². The van der Waals surface area contributed by atoms with Gasteiger partial charge in [-0.25, -0.2) is 9.97 Å². The molecular formula is C13H10BrClN4. The minimum atomic E-state index is 0.680. The summed E-state index contributed by atoms with van der Waals surface area (Å²) in [5.74, 6) is 0.680. The van der Waals surface area contributed by atoms with E-state index >= 15 is 0 Å². The first-order chi connectivity index (χ1) is 9.13. The Hall–Kier alpha value is -1.59. The van der Waals surface area contributed by atoms with Gasteiger partial charge in [0.15, 0.2) is 11.5 Å². The van der Waals surface area contributed by atoms with Crippen molar-refractivity contribution in [2.75, 3.05) is 5.32 Å². The van der Waals surface area contributed by atoms with Crippen molar-refractivity contribution in [2.24, 2.45) is 0 Å². The van der Waals surface area contributed by atoms with Crippen LogP contribution >= 0.6 is 27.5 Å². The first kappa shape index (κ1) is 12.4. The van der Waals surface area contributed by atoms with Crippen LogP contribution in [0.2, 0.25) is 5.02 Å². The molecule has 0 aliphatic carbocycles. The van der Waals surface area contributed by atoms with Crippen LogP contribution in [-0.2, 0) is 0 Å². The maximum atomic E-state index is 6.12. The molecule has 0 bridgehead atoms. The Balaban J connectivity index is 2.04. The third kappa shape index (κ3) is 2.43. The fraction of sp³-hybridized carbons (Fsp3) is 0.0769. The Morgan fingerprint density at radius 1 is 1.37 bits per heavy atom. The standard InChI is InChI=1S/C13H10BrClN4/c1-8-2-3-9(6-10(8)15)17-12-13-16-4-5-19(13)7-11(14)18-12/h2-7H,1H3,(H,17,18). The molecule has 0 spiro atoms. The van der Waals surface area contributed by atoms with Crippen molar-refractivity contribution >= 4 is 44.7 Å². The summed E-state index contributed by atoms with van der Waals surface area (Å²) in [7, 11) is 0. The summed E-state index contributed by atoms with van der Waals surface area (Å²) < 4.78 is 2.63. The highest BCUT2D eigenvalue weighted by atomic mass is 79.9. The number of rotatable bonds is 2. The van der Waals surface area contributed by atoms with Gasteiger partial charge < -0.3 is 9.72 Å². The number of halogens is 2. The van der Waals surface area contributed by atoms with Gasteiger partial charge in [-0.3, -0.25) is 0 Å². The molecule has 0 aliphatic heterocycles. The van der Waals surface area contributed by atoms with Crippen LogP contribution in [0.4, 0.5) is 11.5 Å². The van der Waals surface area contributed by atoms with Gasteiger partial charge in [-0.05, 0) is 40.5 Å². The lowest BCUT2D eigenvalue weighted by atomic mass is 10.2. The summed E-state index contributed by atoms with van der Waals surface area (Å²) in [5, 5.41) is 3.95. The zero-order valence-corrected chi connectivity index (χ0v) is 12.4. The van der Waals surface area contributed by atoms with Gasteiger partial charge in [-0.15, -0.1) is 0 Å². The third-order valence-electron chi connectivity index (χ3n) is 2.78. The van der Waals surface area contributed by atoms with E-state index in [1.165, 1.54) is 0 Å². The van der Waals surface area contributed by atoms with Crippen molar-refractivity contribution in [2.45, 2.75) is 6.92 Å². The second-order valence-electron chi connectivity index (χ2n) is 4.16. The molecule has 19 heavy (non-hydrogen) atoms. The van der Waals surface area contributed by atoms with E-state index in [1.54, 1.807) is 6.20 Å². The van der Waals surface area contributed by atoms with Crippen molar-refractivity contribution in [1.29, 1.82) is 0 Å². The molecule has 1 N–H and O–H groups in total. The van der Waals surface area contributed by atoms with Crippen LogP contribution < -0.4 is 5.32 Å². The molecule has 0 aliphatic rings. The maximum Gasteiger partial charge on any atom is 0.180 e. The molecule has 0 saturated carbocycles. The lowest BCUT2D eigenvalue weighted by Crippen LogP contribution is -1.99. The van der Waals surface area contributed by atoms with Crippen LogP contribution in [0.3, 0.4) is 0 Å². The second kappa shape index (κ2) is 4.83. The van der Waals surface area contributed by atoms with E-state index in [-0.39, 0.29) is 0 Å². The molecule has 0 saturated heterocycles. The van der Waals surface area contributed by atoms with Gasteiger partial charge in [-0.1, -0.05) is 17.7 Å². The molecular weight excluding hydrogens is 328 g/mol. The van der Waals surface area contributed by atoms with Crippen LogP contribution in [0.1, 0.15) is 5.56 Å². The molecule has 2 heterocycles. The Morgan fingerprint density at radius 2 is 2.21 bits per heavy atom. The first-order valence-corrected chi connectivity index (χ1v) is 6.83. The Morgan fingerprint density at radius 3 is 3.00 bits per heavy atom. The molecule has 96 valence electrons. The fourth-order valence-electron chi connectivity index (χ4n) is 1.79. The van der Waals surface area contributed by atoms with Crippen LogP contribution in [0, 0.1) is 6.92 Å². The maximum absolute atomic E-state index is 6.12. The average molecular weight is 338 g/mol. The van der Waals surface area contributed by atoms with Gasteiger partial charge in [0.25, 0.3) is 0 Å². The van der Waals surface area contributed by atoms with Crippen LogP contribution in [0.25, 0.3) is 5.65 Å². The van der Waals surface area contributed by atoms with E-state index in [0.29, 0.717) is 5.82 Å². The minimum absolute atomic E-state index is 0.680. The number of benzene rings is 1. The van der Waals surface area contributed by atoms with E-state index in [0.717, 1.165) is 26.5 Å². The smallest absolute Gasteiger partial charge is 0.180 e. The van der Waals surface area contributed by atoms with Gasteiger partial charge in [-0.2, -0.15) is 0 Å². The number of hydrogen-bond donors (Lipinski definition) is 1. The van der Waals surface area contributed by atoms with Gasteiger partial charge in [0.1, 0.15) is 4.60 Å². The molecule has 1 aromatic carbocycles. The third-order valence-corrected chi connectivity index (χ3v) is 3.57. The predicted molar refractivity (Wildman–Crippen MR) is 80.2 cm³/mol. The van der Waals surface area contributed by atoms with E-state index in [9.17, 15) is 0 Å². The van der Waals surface area contributed by atoms with E-state index in [1.807, 2.05) is 41.9 Å². The predicted octanol–water partition coefficient (Wildman–Crippen LogP) is 4.20. The Labute approximate surface area is 123 Å².